The van der Waals surface area contributed by atoms with Crippen molar-refractivity contribution in [2.45, 2.75) is 13.3 Å². The molecule has 0 atom stereocenters. The second-order valence-corrected chi connectivity index (χ2v) is 6.15. The Morgan fingerprint density at radius 1 is 1.04 bits per heavy atom. The molecule has 0 fully saturated rings. The standard InChI is InChI=1S/C22H19N3O/c1-2-16-8-7-9-17(14-16)22(26)24-19-11-4-3-10-18(19)20-15-25-13-6-5-12-21(25)23-20/h3-15H,2H2,1H3,(H,24,26). The molecule has 0 radical (unpaired) electrons. The highest BCUT2D eigenvalue weighted by Crippen LogP contribution is 2.27. The van der Waals surface area contributed by atoms with E-state index in [0.717, 1.165) is 34.6 Å². The Hall–Kier alpha value is -3.40. The summed E-state index contributed by atoms with van der Waals surface area (Å²) in [6.45, 7) is 2.08. The highest BCUT2D eigenvalue weighted by atomic mass is 16.1. The summed E-state index contributed by atoms with van der Waals surface area (Å²) in [6.07, 6.45) is 4.83. The lowest BCUT2D eigenvalue weighted by Gasteiger charge is -2.10. The number of amides is 1. The predicted molar refractivity (Wildman–Crippen MR) is 104 cm³/mol. The normalized spacial score (nSPS) is 10.8. The van der Waals surface area contributed by atoms with Crippen LogP contribution in [0.4, 0.5) is 5.69 Å². The molecule has 0 saturated heterocycles. The minimum absolute atomic E-state index is 0.114. The van der Waals surface area contributed by atoms with Crippen LogP contribution >= 0.6 is 0 Å². The van der Waals surface area contributed by atoms with E-state index in [9.17, 15) is 4.79 Å². The Morgan fingerprint density at radius 3 is 2.73 bits per heavy atom. The molecule has 2 aromatic heterocycles. The minimum atomic E-state index is -0.114. The van der Waals surface area contributed by atoms with Crippen molar-refractivity contribution in [3.63, 3.8) is 0 Å². The lowest BCUT2D eigenvalue weighted by molar-refractivity contribution is 0.102. The molecular formula is C22H19N3O. The first kappa shape index (κ1) is 16.1. The van der Waals surface area contributed by atoms with Crippen LogP contribution in [0, 0.1) is 0 Å². The molecule has 0 spiro atoms. The maximum absolute atomic E-state index is 12.7. The molecule has 4 nitrogen and oxygen atoms in total. The average molecular weight is 341 g/mol. The Kier molecular flexibility index (Phi) is 4.23. The van der Waals surface area contributed by atoms with Crippen molar-refractivity contribution in [2.24, 2.45) is 0 Å². The zero-order valence-corrected chi connectivity index (χ0v) is 14.5. The van der Waals surface area contributed by atoms with Gasteiger partial charge in [-0.2, -0.15) is 0 Å². The molecule has 4 aromatic rings. The summed E-state index contributed by atoms with van der Waals surface area (Å²) in [6, 6.07) is 21.3. The Morgan fingerprint density at radius 2 is 1.88 bits per heavy atom. The predicted octanol–water partition coefficient (Wildman–Crippen LogP) is 4.82. The number of carbonyl (C=O) groups excluding carboxylic acids is 1. The van der Waals surface area contributed by atoms with Gasteiger partial charge in [0, 0.05) is 23.5 Å². The number of aromatic nitrogens is 2. The van der Waals surface area contributed by atoms with Crippen LogP contribution in [0.3, 0.4) is 0 Å². The van der Waals surface area contributed by atoms with Gasteiger partial charge in [0.05, 0.1) is 11.4 Å². The Bertz CT molecular complexity index is 1050. The lowest BCUT2D eigenvalue weighted by Crippen LogP contribution is -2.12. The maximum atomic E-state index is 12.7. The number of anilines is 1. The first-order valence-electron chi connectivity index (χ1n) is 8.68. The second kappa shape index (κ2) is 6.84. The largest absolute Gasteiger partial charge is 0.321 e. The number of aryl methyl sites for hydroxylation is 1. The smallest absolute Gasteiger partial charge is 0.255 e. The topological polar surface area (TPSA) is 46.4 Å². The minimum Gasteiger partial charge on any atom is -0.321 e. The number of rotatable bonds is 4. The van der Waals surface area contributed by atoms with Gasteiger partial charge in [-0.05, 0) is 42.3 Å². The molecule has 2 aromatic carbocycles. The van der Waals surface area contributed by atoms with E-state index in [-0.39, 0.29) is 5.91 Å². The Labute approximate surface area is 152 Å². The first-order chi connectivity index (χ1) is 12.7. The van der Waals surface area contributed by atoms with E-state index in [1.807, 2.05) is 83.5 Å². The number of nitrogens with one attached hydrogen (secondary N) is 1. The van der Waals surface area contributed by atoms with Crippen LogP contribution in [0.25, 0.3) is 16.9 Å². The van der Waals surface area contributed by atoms with Crippen LogP contribution in [0.1, 0.15) is 22.8 Å². The van der Waals surface area contributed by atoms with Gasteiger partial charge in [-0.25, -0.2) is 4.98 Å². The molecule has 0 aliphatic rings. The number of para-hydroxylation sites is 1. The first-order valence-corrected chi connectivity index (χ1v) is 8.68. The average Bonchev–Trinajstić information content (AvgIpc) is 3.12. The lowest BCUT2D eigenvalue weighted by atomic mass is 10.1. The van der Waals surface area contributed by atoms with Gasteiger partial charge in [0.25, 0.3) is 5.91 Å². The van der Waals surface area contributed by atoms with Gasteiger partial charge in [-0.15, -0.1) is 0 Å². The van der Waals surface area contributed by atoms with Gasteiger partial charge < -0.3 is 9.72 Å². The molecule has 1 N–H and O–H groups in total. The highest BCUT2D eigenvalue weighted by molar-refractivity contribution is 6.06. The fraction of sp³-hybridized carbons (Fsp3) is 0.0909. The van der Waals surface area contributed by atoms with Gasteiger partial charge in [-0.1, -0.05) is 43.3 Å². The fourth-order valence-electron chi connectivity index (χ4n) is 3.01. The number of fused-ring (bicyclic) bond motifs is 1. The zero-order chi connectivity index (χ0) is 17.9. The summed E-state index contributed by atoms with van der Waals surface area (Å²) in [5.41, 5.74) is 5.16. The molecule has 4 heteroatoms. The van der Waals surface area contributed by atoms with Crippen LogP contribution in [0.2, 0.25) is 0 Å². The van der Waals surface area contributed by atoms with E-state index < -0.39 is 0 Å². The van der Waals surface area contributed by atoms with Gasteiger partial charge >= 0.3 is 0 Å². The molecule has 26 heavy (non-hydrogen) atoms. The van der Waals surface area contributed by atoms with E-state index in [2.05, 4.69) is 17.2 Å². The number of hydrogen-bond donors (Lipinski definition) is 1. The molecular weight excluding hydrogens is 322 g/mol. The summed E-state index contributed by atoms with van der Waals surface area (Å²) in [7, 11) is 0. The van der Waals surface area contributed by atoms with Crippen LogP contribution < -0.4 is 5.32 Å². The molecule has 0 unspecified atom stereocenters. The van der Waals surface area contributed by atoms with Crippen LogP contribution in [-0.4, -0.2) is 15.3 Å². The quantitative estimate of drug-likeness (QED) is 0.579. The fourth-order valence-corrected chi connectivity index (χ4v) is 3.01. The number of nitrogens with zero attached hydrogens (tertiary/aromatic N) is 2. The van der Waals surface area contributed by atoms with Gasteiger partial charge in [0.1, 0.15) is 5.65 Å². The number of imidazole rings is 1. The zero-order valence-electron chi connectivity index (χ0n) is 14.5. The SMILES string of the molecule is CCc1cccc(C(=O)Nc2ccccc2-c2cn3ccccc3n2)c1. The molecule has 0 saturated carbocycles. The van der Waals surface area contributed by atoms with Gasteiger partial charge in [0.15, 0.2) is 0 Å². The van der Waals surface area contributed by atoms with Crippen molar-refractivity contribution in [3.8, 4) is 11.3 Å². The number of pyridine rings is 1. The number of benzene rings is 2. The molecule has 1 amide bonds. The van der Waals surface area contributed by atoms with Crippen LogP contribution in [0.15, 0.2) is 79.1 Å². The van der Waals surface area contributed by atoms with E-state index >= 15 is 0 Å². The number of hydrogen-bond acceptors (Lipinski definition) is 2. The monoisotopic (exact) mass is 341 g/mol. The summed E-state index contributed by atoms with van der Waals surface area (Å²) in [5, 5.41) is 3.03. The van der Waals surface area contributed by atoms with Gasteiger partial charge in [-0.3, -0.25) is 4.79 Å². The Balaban J connectivity index is 1.68. The van der Waals surface area contributed by atoms with Crippen molar-refractivity contribution in [2.75, 3.05) is 5.32 Å². The van der Waals surface area contributed by atoms with E-state index in [4.69, 9.17) is 0 Å². The van der Waals surface area contributed by atoms with E-state index in [1.54, 1.807) is 0 Å². The number of carbonyl (C=O) groups is 1. The van der Waals surface area contributed by atoms with Crippen molar-refractivity contribution in [1.29, 1.82) is 0 Å². The third kappa shape index (κ3) is 3.09. The molecule has 0 aliphatic carbocycles. The van der Waals surface area contributed by atoms with Crippen molar-refractivity contribution in [3.05, 3.63) is 90.3 Å². The second-order valence-electron chi connectivity index (χ2n) is 6.15. The summed E-state index contributed by atoms with van der Waals surface area (Å²) >= 11 is 0. The summed E-state index contributed by atoms with van der Waals surface area (Å²) < 4.78 is 1.97. The maximum Gasteiger partial charge on any atom is 0.255 e. The molecule has 2 heterocycles. The molecule has 0 aliphatic heterocycles. The molecule has 0 bridgehead atoms. The van der Waals surface area contributed by atoms with E-state index in [1.165, 1.54) is 0 Å². The van der Waals surface area contributed by atoms with Crippen molar-refractivity contribution in [1.82, 2.24) is 9.38 Å². The van der Waals surface area contributed by atoms with Gasteiger partial charge in [0.2, 0.25) is 0 Å². The highest BCUT2D eigenvalue weighted by Gasteiger charge is 2.12. The molecule has 128 valence electrons. The van der Waals surface area contributed by atoms with Crippen molar-refractivity contribution < 1.29 is 4.79 Å². The molecule has 4 rings (SSSR count). The summed E-state index contributed by atoms with van der Waals surface area (Å²) in [4.78, 5) is 17.4. The van der Waals surface area contributed by atoms with Crippen LogP contribution in [-0.2, 0) is 6.42 Å². The van der Waals surface area contributed by atoms with Crippen molar-refractivity contribution >= 4 is 17.2 Å². The third-order valence-electron chi connectivity index (χ3n) is 4.41. The van der Waals surface area contributed by atoms with E-state index in [0.29, 0.717) is 5.56 Å². The summed E-state index contributed by atoms with van der Waals surface area (Å²) in [5.74, 6) is -0.114. The third-order valence-corrected chi connectivity index (χ3v) is 4.41. The van der Waals surface area contributed by atoms with Crippen LogP contribution in [0.5, 0.6) is 0 Å².